The van der Waals surface area contributed by atoms with Crippen LogP contribution in [-0.2, 0) is 0 Å². The molecule has 1 amide bonds. The van der Waals surface area contributed by atoms with Gasteiger partial charge in [0.05, 0.1) is 11.3 Å². The zero-order valence-corrected chi connectivity index (χ0v) is 11.8. The van der Waals surface area contributed by atoms with Gasteiger partial charge in [0.1, 0.15) is 0 Å². The summed E-state index contributed by atoms with van der Waals surface area (Å²) in [6.07, 6.45) is 5.75. The van der Waals surface area contributed by atoms with Crippen LogP contribution in [0.15, 0.2) is 18.2 Å². The molecule has 0 heterocycles. The lowest BCUT2D eigenvalue weighted by Gasteiger charge is -2.34. The molecule has 0 spiro atoms. The van der Waals surface area contributed by atoms with Crippen molar-refractivity contribution in [3.05, 3.63) is 29.3 Å². The number of amides is 1. The molecule has 0 radical (unpaired) electrons. The monoisotopic (exact) mass is 261 g/mol. The first kappa shape index (κ1) is 13.9. The predicted molar refractivity (Wildman–Crippen MR) is 77.9 cm³/mol. The molecule has 1 aliphatic carbocycles. The molecule has 19 heavy (non-hydrogen) atoms. The minimum absolute atomic E-state index is 0.0441. The number of aryl methyl sites for hydroxylation is 1. The first-order valence-electron chi connectivity index (χ1n) is 6.94. The lowest BCUT2D eigenvalue weighted by atomic mass is 9.83. The quantitative estimate of drug-likeness (QED) is 0.579. The average molecular weight is 261 g/mol. The number of hydrogen-bond acceptors (Lipinski definition) is 3. The lowest BCUT2D eigenvalue weighted by Crippen LogP contribution is -2.47. The van der Waals surface area contributed by atoms with Gasteiger partial charge in [-0.15, -0.1) is 0 Å². The number of nitrogens with one attached hydrogen (secondary N) is 2. The molecule has 0 aromatic heterocycles. The van der Waals surface area contributed by atoms with Crippen molar-refractivity contribution in [2.24, 2.45) is 5.84 Å². The second-order valence-electron chi connectivity index (χ2n) is 5.77. The van der Waals surface area contributed by atoms with Crippen LogP contribution in [0.3, 0.4) is 0 Å². The third-order valence-corrected chi connectivity index (χ3v) is 3.95. The van der Waals surface area contributed by atoms with E-state index < -0.39 is 0 Å². The number of nitrogens with two attached hydrogens (primary N) is 1. The van der Waals surface area contributed by atoms with Gasteiger partial charge in [-0.25, -0.2) is 0 Å². The Bertz CT molecular complexity index is 464. The fourth-order valence-electron chi connectivity index (χ4n) is 2.77. The van der Waals surface area contributed by atoms with Gasteiger partial charge in [0, 0.05) is 5.54 Å². The average Bonchev–Trinajstić information content (AvgIpc) is 2.38. The first-order valence-corrected chi connectivity index (χ1v) is 6.94. The van der Waals surface area contributed by atoms with Gasteiger partial charge in [0.2, 0.25) is 0 Å². The maximum absolute atomic E-state index is 12.4. The van der Waals surface area contributed by atoms with Crippen LogP contribution in [0.25, 0.3) is 0 Å². The summed E-state index contributed by atoms with van der Waals surface area (Å²) in [5.41, 5.74) is 4.89. The van der Waals surface area contributed by atoms with E-state index in [1.807, 2.05) is 25.1 Å². The third kappa shape index (κ3) is 3.26. The molecule has 0 unspecified atom stereocenters. The topological polar surface area (TPSA) is 67.2 Å². The van der Waals surface area contributed by atoms with Crippen LogP contribution in [0, 0.1) is 6.92 Å². The molecule has 2 rings (SSSR count). The highest BCUT2D eigenvalue weighted by Gasteiger charge is 2.29. The molecule has 1 aromatic rings. The van der Waals surface area contributed by atoms with E-state index in [2.05, 4.69) is 17.7 Å². The third-order valence-electron chi connectivity index (χ3n) is 3.95. The SMILES string of the molecule is Cc1ccc(C(=O)NC2(C)CCCCC2)c(NN)c1. The predicted octanol–water partition coefficient (Wildman–Crippen LogP) is 2.73. The highest BCUT2D eigenvalue weighted by atomic mass is 16.1. The summed E-state index contributed by atoms with van der Waals surface area (Å²) < 4.78 is 0. The Morgan fingerprint density at radius 1 is 1.26 bits per heavy atom. The Morgan fingerprint density at radius 3 is 2.58 bits per heavy atom. The summed E-state index contributed by atoms with van der Waals surface area (Å²) in [5, 5.41) is 3.17. The van der Waals surface area contributed by atoms with Crippen molar-refractivity contribution in [2.75, 3.05) is 5.43 Å². The molecular formula is C15H23N3O. The van der Waals surface area contributed by atoms with Crippen molar-refractivity contribution in [1.29, 1.82) is 0 Å². The lowest BCUT2D eigenvalue weighted by molar-refractivity contribution is 0.0883. The molecule has 1 aliphatic rings. The van der Waals surface area contributed by atoms with Crippen molar-refractivity contribution in [3.8, 4) is 0 Å². The molecule has 4 N–H and O–H groups in total. The second kappa shape index (κ2) is 5.61. The Balaban J connectivity index is 2.15. The largest absolute Gasteiger partial charge is 0.347 e. The highest BCUT2D eigenvalue weighted by Crippen LogP contribution is 2.28. The minimum Gasteiger partial charge on any atom is -0.347 e. The standard InChI is InChI=1S/C15H23N3O/c1-11-6-7-12(13(10-11)18-16)14(19)17-15(2)8-4-3-5-9-15/h6-7,10,18H,3-5,8-9,16H2,1-2H3,(H,17,19). The van der Waals surface area contributed by atoms with E-state index in [0.717, 1.165) is 18.4 Å². The molecule has 1 fully saturated rings. The highest BCUT2D eigenvalue weighted by molar-refractivity contribution is 6.00. The van der Waals surface area contributed by atoms with Gasteiger partial charge in [-0.1, -0.05) is 25.3 Å². The number of rotatable bonds is 3. The summed E-state index contributed by atoms with van der Waals surface area (Å²) in [5.74, 6) is 5.45. The normalized spacial score (nSPS) is 17.8. The van der Waals surface area contributed by atoms with Gasteiger partial charge in [0.15, 0.2) is 0 Å². The number of hydrazine groups is 1. The smallest absolute Gasteiger partial charge is 0.253 e. The van der Waals surface area contributed by atoms with Crippen LogP contribution in [-0.4, -0.2) is 11.4 Å². The van der Waals surface area contributed by atoms with Crippen molar-refractivity contribution >= 4 is 11.6 Å². The maximum atomic E-state index is 12.4. The van der Waals surface area contributed by atoms with E-state index in [-0.39, 0.29) is 11.4 Å². The number of anilines is 1. The Morgan fingerprint density at radius 2 is 1.95 bits per heavy atom. The van der Waals surface area contributed by atoms with Crippen molar-refractivity contribution in [3.63, 3.8) is 0 Å². The van der Waals surface area contributed by atoms with E-state index >= 15 is 0 Å². The van der Waals surface area contributed by atoms with Crippen LogP contribution < -0.4 is 16.6 Å². The summed E-state index contributed by atoms with van der Waals surface area (Å²) >= 11 is 0. The van der Waals surface area contributed by atoms with Gasteiger partial charge in [-0.2, -0.15) is 0 Å². The summed E-state index contributed by atoms with van der Waals surface area (Å²) in [7, 11) is 0. The number of hydrogen-bond donors (Lipinski definition) is 3. The zero-order valence-electron chi connectivity index (χ0n) is 11.8. The zero-order chi connectivity index (χ0) is 13.9. The van der Waals surface area contributed by atoms with E-state index in [1.165, 1.54) is 19.3 Å². The Kier molecular flexibility index (Phi) is 4.10. The Labute approximate surface area is 114 Å². The molecule has 4 heteroatoms. The number of carbonyl (C=O) groups excluding carboxylic acids is 1. The molecule has 104 valence electrons. The fourth-order valence-corrected chi connectivity index (χ4v) is 2.77. The van der Waals surface area contributed by atoms with Crippen LogP contribution >= 0.6 is 0 Å². The van der Waals surface area contributed by atoms with Crippen molar-refractivity contribution in [1.82, 2.24) is 5.32 Å². The summed E-state index contributed by atoms with van der Waals surface area (Å²) in [6, 6.07) is 5.64. The number of carbonyl (C=O) groups is 1. The molecule has 1 aromatic carbocycles. The van der Waals surface area contributed by atoms with Crippen molar-refractivity contribution < 1.29 is 4.79 Å². The molecule has 1 saturated carbocycles. The molecule has 0 bridgehead atoms. The van der Waals surface area contributed by atoms with Gasteiger partial charge in [0.25, 0.3) is 5.91 Å². The maximum Gasteiger partial charge on any atom is 0.253 e. The molecule has 0 aliphatic heterocycles. The van der Waals surface area contributed by atoms with Crippen LogP contribution in [0.5, 0.6) is 0 Å². The van der Waals surface area contributed by atoms with Crippen LogP contribution in [0.2, 0.25) is 0 Å². The van der Waals surface area contributed by atoms with Gasteiger partial charge in [-0.3, -0.25) is 10.6 Å². The molecule has 4 nitrogen and oxygen atoms in total. The van der Waals surface area contributed by atoms with E-state index in [4.69, 9.17) is 5.84 Å². The van der Waals surface area contributed by atoms with E-state index in [1.54, 1.807) is 0 Å². The summed E-state index contributed by atoms with van der Waals surface area (Å²) in [6.45, 7) is 4.11. The molecule has 0 atom stereocenters. The number of benzene rings is 1. The van der Waals surface area contributed by atoms with Crippen LogP contribution in [0.4, 0.5) is 5.69 Å². The minimum atomic E-state index is -0.0773. The second-order valence-corrected chi connectivity index (χ2v) is 5.77. The summed E-state index contributed by atoms with van der Waals surface area (Å²) in [4.78, 5) is 12.4. The number of nitrogen functional groups attached to an aromatic ring is 1. The first-order chi connectivity index (χ1) is 9.04. The van der Waals surface area contributed by atoms with Gasteiger partial charge >= 0.3 is 0 Å². The van der Waals surface area contributed by atoms with Crippen molar-refractivity contribution in [2.45, 2.75) is 51.5 Å². The van der Waals surface area contributed by atoms with E-state index in [0.29, 0.717) is 11.3 Å². The van der Waals surface area contributed by atoms with Gasteiger partial charge < -0.3 is 10.7 Å². The Hall–Kier alpha value is -1.55. The van der Waals surface area contributed by atoms with Crippen LogP contribution in [0.1, 0.15) is 54.9 Å². The molecule has 0 saturated heterocycles. The van der Waals surface area contributed by atoms with Gasteiger partial charge in [-0.05, 0) is 44.4 Å². The fraction of sp³-hybridized carbons (Fsp3) is 0.533. The van der Waals surface area contributed by atoms with E-state index in [9.17, 15) is 4.79 Å². The molecular weight excluding hydrogens is 238 g/mol.